The molecule has 0 aliphatic heterocycles. The van der Waals surface area contributed by atoms with Gasteiger partial charge in [-0.1, -0.05) is 13.8 Å². The molecule has 0 amide bonds. The summed E-state index contributed by atoms with van der Waals surface area (Å²) in [6.07, 6.45) is 6.65. The Morgan fingerprint density at radius 1 is 1.39 bits per heavy atom. The lowest BCUT2D eigenvalue weighted by Crippen LogP contribution is -2.44. The van der Waals surface area contributed by atoms with E-state index in [2.05, 4.69) is 18.9 Å². The molecule has 18 heavy (non-hydrogen) atoms. The highest BCUT2D eigenvalue weighted by Crippen LogP contribution is 2.27. The van der Waals surface area contributed by atoms with Crippen molar-refractivity contribution < 1.29 is 9.84 Å². The minimum Gasteiger partial charge on any atom is -0.390 e. The Kier molecular flexibility index (Phi) is 5.82. The van der Waals surface area contributed by atoms with Crippen LogP contribution in [0.4, 0.5) is 0 Å². The van der Waals surface area contributed by atoms with Crippen molar-refractivity contribution in [2.24, 2.45) is 7.05 Å². The fourth-order valence-corrected chi connectivity index (χ4v) is 2.48. The van der Waals surface area contributed by atoms with Crippen LogP contribution >= 0.6 is 0 Å². The van der Waals surface area contributed by atoms with Gasteiger partial charge in [0.25, 0.3) is 0 Å². The van der Waals surface area contributed by atoms with Gasteiger partial charge in [-0.15, -0.1) is 0 Å². The molecule has 0 saturated heterocycles. The van der Waals surface area contributed by atoms with Crippen LogP contribution in [0.15, 0.2) is 12.4 Å². The molecule has 0 fully saturated rings. The minimum atomic E-state index is -0.423. The van der Waals surface area contributed by atoms with Crippen LogP contribution in [-0.2, 0) is 18.2 Å². The van der Waals surface area contributed by atoms with Crippen molar-refractivity contribution in [2.45, 2.75) is 58.2 Å². The molecule has 0 bridgehead atoms. The lowest BCUT2D eigenvalue weighted by molar-refractivity contribution is -0.127. The summed E-state index contributed by atoms with van der Waals surface area (Å²) >= 11 is 0. The molecule has 1 N–H and O–H groups in total. The highest BCUT2D eigenvalue weighted by molar-refractivity contribution is 5.04. The molecule has 0 saturated carbocycles. The second-order valence-electron chi connectivity index (χ2n) is 4.78. The largest absolute Gasteiger partial charge is 0.390 e. The molecular formula is C14H26N2O2. The summed E-state index contributed by atoms with van der Waals surface area (Å²) in [5, 5.41) is 14.5. The van der Waals surface area contributed by atoms with Crippen molar-refractivity contribution in [3.05, 3.63) is 18.0 Å². The summed E-state index contributed by atoms with van der Waals surface area (Å²) in [4.78, 5) is 0. The van der Waals surface area contributed by atoms with Crippen LogP contribution in [0.1, 0.15) is 45.6 Å². The number of nitrogens with zero attached hydrogens (tertiary/aromatic N) is 2. The zero-order chi connectivity index (χ0) is 13.6. The van der Waals surface area contributed by atoms with Gasteiger partial charge in [-0.2, -0.15) is 5.10 Å². The average molecular weight is 254 g/mol. The van der Waals surface area contributed by atoms with E-state index in [1.807, 2.05) is 26.4 Å². The number of aryl methyl sites for hydroxylation is 2. The molecule has 0 aliphatic rings. The van der Waals surface area contributed by atoms with Crippen molar-refractivity contribution in [3.8, 4) is 0 Å². The van der Waals surface area contributed by atoms with Crippen LogP contribution in [0.2, 0.25) is 0 Å². The number of hydrogen-bond donors (Lipinski definition) is 1. The van der Waals surface area contributed by atoms with Gasteiger partial charge in [-0.05, 0) is 38.2 Å². The monoisotopic (exact) mass is 254 g/mol. The van der Waals surface area contributed by atoms with Crippen LogP contribution in [0.25, 0.3) is 0 Å². The zero-order valence-corrected chi connectivity index (χ0v) is 12.0. The Labute approximate surface area is 110 Å². The lowest BCUT2D eigenvalue weighted by atomic mass is 9.87. The van der Waals surface area contributed by atoms with Gasteiger partial charge in [0.1, 0.15) is 0 Å². The molecule has 0 spiro atoms. The van der Waals surface area contributed by atoms with Gasteiger partial charge in [0.15, 0.2) is 0 Å². The Balaban J connectivity index is 2.58. The number of aliphatic hydroxyl groups excluding tert-OH is 1. The highest BCUT2D eigenvalue weighted by Gasteiger charge is 2.34. The van der Waals surface area contributed by atoms with E-state index >= 15 is 0 Å². The van der Waals surface area contributed by atoms with E-state index in [1.54, 1.807) is 4.68 Å². The summed E-state index contributed by atoms with van der Waals surface area (Å²) in [7, 11) is 1.91. The van der Waals surface area contributed by atoms with Crippen LogP contribution in [0.5, 0.6) is 0 Å². The highest BCUT2D eigenvalue weighted by atomic mass is 16.5. The Hall–Kier alpha value is -0.870. The summed E-state index contributed by atoms with van der Waals surface area (Å²) in [5.74, 6) is 0. The molecule has 104 valence electrons. The molecule has 1 heterocycles. The number of aliphatic hydroxyl groups is 1. The zero-order valence-electron chi connectivity index (χ0n) is 12.0. The molecule has 1 aromatic rings. The summed E-state index contributed by atoms with van der Waals surface area (Å²) in [5.41, 5.74) is 0.769. The maximum absolute atomic E-state index is 10.4. The first kappa shape index (κ1) is 15.2. The number of ether oxygens (including phenoxy) is 1. The molecule has 4 nitrogen and oxygen atoms in total. The molecule has 1 atom stereocenters. The van der Waals surface area contributed by atoms with E-state index in [0.29, 0.717) is 13.0 Å². The topological polar surface area (TPSA) is 47.3 Å². The Morgan fingerprint density at radius 2 is 2.06 bits per heavy atom. The predicted molar refractivity (Wildman–Crippen MR) is 72.5 cm³/mol. The number of hydrogen-bond acceptors (Lipinski definition) is 3. The van der Waals surface area contributed by atoms with Crippen LogP contribution in [-0.4, -0.2) is 33.2 Å². The first-order valence-corrected chi connectivity index (χ1v) is 6.87. The summed E-state index contributed by atoms with van der Waals surface area (Å²) < 4.78 is 7.60. The fourth-order valence-electron chi connectivity index (χ4n) is 2.48. The smallest absolute Gasteiger partial charge is 0.0934 e. The third-order valence-electron chi connectivity index (χ3n) is 3.70. The van der Waals surface area contributed by atoms with Crippen molar-refractivity contribution in [3.63, 3.8) is 0 Å². The van der Waals surface area contributed by atoms with Crippen molar-refractivity contribution in [1.29, 1.82) is 0 Å². The molecule has 1 unspecified atom stereocenters. The SMILES string of the molecule is CCOC(CC)(CC)C(O)CCc1cnn(C)c1. The van der Waals surface area contributed by atoms with Crippen molar-refractivity contribution in [2.75, 3.05) is 6.61 Å². The third kappa shape index (κ3) is 3.56. The Morgan fingerprint density at radius 3 is 2.50 bits per heavy atom. The molecule has 0 radical (unpaired) electrons. The average Bonchev–Trinajstić information content (AvgIpc) is 2.79. The van der Waals surface area contributed by atoms with Gasteiger partial charge in [0.2, 0.25) is 0 Å². The standard InChI is InChI=1S/C14H26N2O2/c1-5-14(6-2,18-7-3)13(17)9-8-12-10-15-16(4)11-12/h10-11,13,17H,5-9H2,1-4H3. The second-order valence-corrected chi connectivity index (χ2v) is 4.78. The van der Waals surface area contributed by atoms with Gasteiger partial charge in [0, 0.05) is 19.9 Å². The van der Waals surface area contributed by atoms with Gasteiger partial charge in [-0.25, -0.2) is 0 Å². The van der Waals surface area contributed by atoms with Gasteiger partial charge in [0.05, 0.1) is 17.9 Å². The van der Waals surface area contributed by atoms with Crippen molar-refractivity contribution in [1.82, 2.24) is 9.78 Å². The number of aromatic nitrogens is 2. The molecule has 0 aliphatic carbocycles. The van der Waals surface area contributed by atoms with Gasteiger partial charge >= 0.3 is 0 Å². The molecule has 0 aromatic carbocycles. The maximum Gasteiger partial charge on any atom is 0.0934 e. The number of rotatable bonds is 8. The van der Waals surface area contributed by atoms with Crippen molar-refractivity contribution >= 4 is 0 Å². The van der Waals surface area contributed by atoms with Crippen LogP contribution < -0.4 is 0 Å². The van der Waals surface area contributed by atoms with E-state index in [9.17, 15) is 5.11 Å². The summed E-state index contributed by atoms with van der Waals surface area (Å²) in [6.45, 7) is 6.78. The molecular weight excluding hydrogens is 228 g/mol. The molecule has 1 rings (SSSR count). The van der Waals surface area contributed by atoms with E-state index in [4.69, 9.17) is 4.74 Å². The fraction of sp³-hybridized carbons (Fsp3) is 0.786. The predicted octanol–water partition coefficient (Wildman–Crippen LogP) is 2.31. The normalized spacial score (nSPS) is 13.8. The van der Waals surface area contributed by atoms with Gasteiger partial charge in [-0.3, -0.25) is 4.68 Å². The quantitative estimate of drug-likeness (QED) is 0.774. The minimum absolute atomic E-state index is 0.392. The molecule has 4 heteroatoms. The van der Waals surface area contributed by atoms with E-state index in [1.165, 1.54) is 0 Å². The maximum atomic E-state index is 10.4. The second kappa shape index (κ2) is 6.90. The Bertz CT molecular complexity index is 345. The van der Waals surface area contributed by atoms with Gasteiger partial charge < -0.3 is 9.84 Å². The lowest BCUT2D eigenvalue weighted by Gasteiger charge is -2.36. The first-order valence-electron chi connectivity index (χ1n) is 6.87. The van der Waals surface area contributed by atoms with E-state index in [0.717, 1.165) is 24.8 Å². The van der Waals surface area contributed by atoms with Crippen LogP contribution in [0.3, 0.4) is 0 Å². The third-order valence-corrected chi connectivity index (χ3v) is 3.70. The van der Waals surface area contributed by atoms with Crippen LogP contribution in [0, 0.1) is 0 Å². The molecule has 1 aromatic heterocycles. The first-order chi connectivity index (χ1) is 8.57. The summed E-state index contributed by atoms with van der Waals surface area (Å²) in [6, 6.07) is 0. The van der Waals surface area contributed by atoms with E-state index in [-0.39, 0.29) is 0 Å². The van der Waals surface area contributed by atoms with E-state index < -0.39 is 11.7 Å².